The minimum atomic E-state index is -0.722. The Morgan fingerprint density at radius 1 is 1.13 bits per heavy atom. The number of carbonyl (C=O) groups excluding carboxylic acids is 2. The molecule has 2 aromatic rings. The normalized spacial score (nSPS) is 12.2. The number of carbonyl (C=O) groups is 2. The van der Waals surface area contributed by atoms with Crippen LogP contribution in [0.2, 0.25) is 0 Å². The van der Waals surface area contributed by atoms with Gasteiger partial charge in [-0.1, -0.05) is 44.2 Å². The van der Waals surface area contributed by atoms with Crippen LogP contribution in [0, 0.1) is 5.92 Å². The summed E-state index contributed by atoms with van der Waals surface area (Å²) in [6, 6.07) is 10.4. The van der Waals surface area contributed by atoms with Gasteiger partial charge in [0.05, 0.1) is 0 Å². The number of ether oxygens (including phenoxy) is 1. The zero-order valence-electron chi connectivity index (χ0n) is 13.5. The van der Waals surface area contributed by atoms with E-state index in [1.165, 1.54) is 6.07 Å². The third kappa shape index (κ3) is 4.00. The molecule has 5 heteroatoms. The van der Waals surface area contributed by atoms with Gasteiger partial charge in [0, 0.05) is 11.4 Å². The summed E-state index contributed by atoms with van der Waals surface area (Å²) in [5, 5.41) is 14.3. The highest BCUT2D eigenvalue weighted by Crippen LogP contribution is 2.28. The molecule has 0 aliphatic rings. The van der Waals surface area contributed by atoms with Crippen molar-refractivity contribution >= 4 is 22.6 Å². The molecule has 0 aromatic heterocycles. The van der Waals surface area contributed by atoms with Crippen LogP contribution in [-0.2, 0) is 9.53 Å². The van der Waals surface area contributed by atoms with Gasteiger partial charge in [-0.15, -0.1) is 0 Å². The van der Waals surface area contributed by atoms with Gasteiger partial charge in [-0.3, -0.25) is 4.79 Å². The molecule has 0 bridgehead atoms. The Balaban J connectivity index is 2.04. The maximum Gasteiger partial charge on any atom is 0.342 e. The highest BCUT2D eigenvalue weighted by atomic mass is 16.5. The largest absolute Gasteiger partial charge is 0.506 e. The first-order valence-electron chi connectivity index (χ1n) is 7.57. The van der Waals surface area contributed by atoms with Gasteiger partial charge in [0.15, 0.2) is 6.61 Å². The van der Waals surface area contributed by atoms with Gasteiger partial charge in [0.25, 0.3) is 5.91 Å². The first-order valence-corrected chi connectivity index (χ1v) is 7.57. The second-order valence-corrected chi connectivity index (χ2v) is 5.86. The van der Waals surface area contributed by atoms with Gasteiger partial charge in [-0.2, -0.15) is 0 Å². The van der Waals surface area contributed by atoms with E-state index >= 15 is 0 Å². The van der Waals surface area contributed by atoms with Gasteiger partial charge in [0.2, 0.25) is 0 Å². The summed E-state index contributed by atoms with van der Waals surface area (Å²) in [6.45, 7) is 5.50. The van der Waals surface area contributed by atoms with Crippen LogP contribution in [0.1, 0.15) is 31.1 Å². The number of hydrogen-bond donors (Lipinski definition) is 2. The van der Waals surface area contributed by atoms with Crippen LogP contribution in [0.3, 0.4) is 0 Å². The predicted octanol–water partition coefficient (Wildman–Crippen LogP) is 2.86. The second-order valence-electron chi connectivity index (χ2n) is 5.86. The molecular formula is C18H21NO4. The van der Waals surface area contributed by atoms with Crippen LogP contribution < -0.4 is 5.32 Å². The summed E-state index contributed by atoms with van der Waals surface area (Å²) in [7, 11) is 0. The topological polar surface area (TPSA) is 75.6 Å². The van der Waals surface area contributed by atoms with E-state index in [4.69, 9.17) is 4.74 Å². The number of benzene rings is 2. The van der Waals surface area contributed by atoms with Crippen molar-refractivity contribution in [3.63, 3.8) is 0 Å². The summed E-state index contributed by atoms with van der Waals surface area (Å²) < 4.78 is 4.99. The number of esters is 1. The highest BCUT2D eigenvalue weighted by molar-refractivity contribution is 6.01. The highest BCUT2D eigenvalue weighted by Gasteiger charge is 2.17. The Labute approximate surface area is 135 Å². The van der Waals surface area contributed by atoms with Crippen LogP contribution in [0.4, 0.5) is 0 Å². The van der Waals surface area contributed by atoms with Crippen molar-refractivity contribution in [1.29, 1.82) is 0 Å². The molecule has 0 heterocycles. The maximum atomic E-state index is 12.1. The van der Waals surface area contributed by atoms with Crippen LogP contribution >= 0.6 is 0 Å². The quantitative estimate of drug-likeness (QED) is 0.832. The molecule has 23 heavy (non-hydrogen) atoms. The lowest BCUT2D eigenvalue weighted by Crippen LogP contribution is -2.38. The Kier molecular flexibility index (Phi) is 5.21. The molecule has 1 unspecified atom stereocenters. The Bertz CT molecular complexity index is 724. The van der Waals surface area contributed by atoms with E-state index in [9.17, 15) is 14.7 Å². The maximum absolute atomic E-state index is 12.1. The molecule has 0 spiro atoms. The molecule has 2 aromatic carbocycles. The molecular weight excluding hydrogens is 294 g/mol. The number of rotatable bonds is 5. The number of amides is 1. The minimum absolute atomic E-state index is 0.00438. The predicted molar refractivity (Wildman–Crippen MR) is 88.3 cm³/mol. The molecule has 0 fully saturated rings. The van der Waals surface area contributed by atoms with Crippen LogP contribution in [-0.4, -0.2) is 29.6 Å². The monoisotopic (exact) mass is 315 g/mol. The first kappa shape index (κ1) is 16.8. The lowest BCUT2D eigenvalue weighted by molar-refractivity contribution is -0.125. The molecule has 122 valence electrons. The second kappa shape index (κ2) is 7.13. The van der Waals surface area contributed by atoms with Crippen LogP contribution in [0.15, 0.2) is 36.4 Å². The van der Waals surface area contributed by atoms with Crippen molar-refractivity contribution in [2.45, 2.75) is 26.8 Å². The zero-order valence-corrected chi connectivity index (χ0v) is 13.5. The number of aromatic hydroxyl groups is 1. The standard InChI is InChI=1S/C18H21NO4/c1-11(2)12(3)19-16(20)10-23-18(22)15-9-8-13-6-4-5-7-14(13)17(15)21/h4-9,11-12,21H,10H2,1-3H3,(H,19,20). The number of fused-ring (bicyclic) bond motifs is 1. The summed E-state index contributed by atoms with van der Waals surface area (Å²) in [6.07, 6.45) is 0. The number of nitrogens with one attached hydrogen (secondary N) is 1. The minimum Gasteiger partial charge on any atom is -0.506 e. The third-order valence-electron chi connectivity index (χ3n) is 3.84. The van der Waals surface area contributed by atoms with E-state index < -0.39 is 5.97 Å². The van der Waals surface area contributed by atoms with E-state index in [1.807, 2.05) is 32.9 Å². The van der Waals surface area contributed by atoms with Crippen molar-refractivity contribution in [3.05, 3.63) is 42.0 Å². The molecule has 1 atom stereocenters. The van der Waals surface area contributed by atoms with Gasteiger partial charge in [-0.05, 0) is 24.3 Å². The van der Waals surface area contributed by atoms with Crippen molar-refractivity contribution in [2.24, 2.45) is 5.92 Å². The molecule has 1 amide bonds. The van der Waals surface area contributed by atoms with Crippen molar-refractivity contribution in [1.82, 2.24) is 5.32 Å². The van der Waals surface area contributed by atoms with E-state index in [-0.39, 0.29) is 29.9 Å². The molecule has 0 aliphatic carbocycles. The molecule has 2 rings (SSSR count). The lowest BCUT2D eigenvalue weighted by Gasteiger charge is -2.17. The number of hydrogen-bond acceptors (Lipinski definition) is 4. The number of phenolic OH excluding ortho intramolecular Hbond substituents is 1. The number of phenols is 1. The summed E-state index contributed by atoms with van der Waals surface area (Å²) in [4.78, 5) is 23.8. The molecule has 0 aliphatic heterocycles. The fourth-order valence-electron chi connectivity index (χ4n) is 2.09. The fraction of sp³-hybridized carbons (Fsp3) is 0.333. The molecule has 0 saturated carbocycles. The summed E-state index contributed by atoms with van der Waals surface area (Å²) in [5.74, 6) is -0.927. The van der Waals surface area contributed by atoms with E-state index in [2.05, 4.69) is 5.32 Å². The van der Waals surface area contributed by atoms with Gasteiger partial charge >= 0.3 is 5.97 Å². The summed E-state index contributed by atoms with van der Waals surface area (Å²) in [5.41, 5.74) is 0.0495. The SMILES string of the molecule is CC(C)C(C)NC(=O)COC(=O)c1ccc2ccccc2c1O. The fourth-order valence-corrected chi connectivity index (χ4v) is 2.09. The molecule has 2 N–H and O–H groups in total. The van der Waals surface area contributed by atoms with Crippen LogP contribution in [0.25, 0.3) is 10.8 Å². The Hall–Kier alpha value is -2.56. The molecule has 0 radical (unpaired) electrons. The lowest BCUT2D eigenvalue weighted by atomic mass is 10.1. The van der Waals surface area contributed by atoms with E-state index in [0.717, 1.165) is 5.39 Å². The zero-order chi connectivity index (χ0) is 17.0. The Morgan fingerprint density at radius 3 is 2.52 bits per heavy atom. The summed E-state index contributed by atoms with van der Waals surface area (Å²) >= 11 is 0. The Morgan fingerprint density at radius 2 is 1.83 bits per heavy atom. The first-order chi connectivity index (χ1) is 10.9. The molecule has 5 nitrogen and oxygen atoms in total. The van der Waals surface area contributed by atoms with Crippen molar-refractivity contribution in [2.75, 3.05) is 6.61 Å². The average Bonchev–Trinajstić information content (AvgIpc) is 2.53. The van der Waals surface area contributed by atoms with Gasteiger partial charge in [0.1, 0.15) is 11.3 Å². The van der Waals surface area contributed by atoms with Crippen LogP contribution in [0.5, 0.6) is 5.75 Å². The van der Waals surface area contributed by atoms with Gasteiger partial charge < -0.3 is 15.2 Å². The molecule has 0 saturated heterocycles. The third-order valence-corrected chi connectivity index (χ3v) is 3.84. The van der Waals surface area contributed by atoms with Gasteiger partial charge in [-0.25, -0.2) is 4.79 Å². The average molecular weight is 315 g/mol. The van der Waals surface area contributed by atoms with E-state index in [1.54, 1.807) is 18.2 Å². The van der Waals surface area contributed by atoms with E-state index in [0.29, 0.717) is 11.3 Å². The smallest absolute Gasteiger partial charge is 0.342 e. The van der Waals surface area contributed by atoms with Crippen molar-refractivity contribution in [3.8, 4) is 5.75 Å². The van der Waals surface area contributed by atoms with Crippen molar-refractivity contribution < 1.29 is 19.4 Å².